The molecule has 0 unspecified atom stereocenters. The summed E-state index contributed by atoms with van der Waals surface area (Å²) in [5, 5.41) is 10.4. The summed E-state index contributed by atoms with van der Waals surface area (Å²) in [4.78, 5) is 26.7. The number of hydrogen-bond donors (Lipinski definition) is 3. The normalized spacial score (nSPS) is 14.8. The van der Waals surface area contributed by atoms with Crippen LogP contribution in [0.3, 0.4) is 0 Å². The SMILES string of the molecule is CCC[C@@H](Oc1cccc(C(=N)N)c1)C(=O)Nc1ccc(N2CCCCC2=O)cc1. The average Bonchev–Trinajstić information content (AvgIpc) is 2.74. The molecule has 1 saturated heterocycles. The fraction of sp³-hybridized carbons (Fsp3) is 0.348. The van der Waals surface area contributed by atoms with Crippen LogP contribution in [0.5, 0.6) is 5.75 Å². The Bertz CT molecular complexity index is 911. The van der Waals surface area contributed by atoms with Crippen LogP contribution in [0.2, 0.25) is 0 Å². The van der Waals surface area contributed by atoms with E-state index in [0.717, 1.165) is 31.5 Å². The fourth-order valence-corrected chi connectivity index (χ4v) is 3.43. The van der Waals surface area contributed by atoms with Crippen molar-refractivity contribution in [3.8, 4) is 5.75 Å². The lowest BCUT2D eigenvalue weighted by molar-refractivity contribution is -0.123. The number of anilines is 2. The molecule has 2 aromatic carbocycles. The summed E-state index contributed by atoms with van der Waals surface area (Å²) >= 11 is 0. The average molecular weight is 409 g/mol. The summed E-state index contributed by atoms with van der Waals surface area (Å²) in [5.41, 5.74) is 7.58. The molecule has 0 radical (unpaired) electrons. The highest BCUT2D eigenvalue weighted by Gasteiger charge is 2.21. The van der Waals surface area contributed by atoms with E-state index < -0.39 is 6.10 Å². The standard InChI is InChI=1S/C23H28N4O3/c1-2-6-20(30-19-8-5-7-16(15-19)22(24)25)23(29)26-17-10-12-18(13-11-17)27-14-4-3-9-21(27)28/h5,7-8,10-13,15,20H,2-4,6,9,14H2,1H3,(H3,24,25)(H,26,29)/t20-/m1/s1. The van der Waals surface area contributed by atoms with Gasteiger partial charge in [0.05, 0.1) is 0 Å². The van der Waals surface area contributed by atoms with Crippen molar-refractivity contribution in [2.75, 3.05) is 16.8 Å². The van der Waals surface area contributed by atoms with Crippen LogP contribution in [0.1, 0.15) is 44.6 Å². The van der Waals surface area contributed by atoms with Crippen LogP contribution in [0.15, 0.2) is 48.5 Å². The van der Waals surface area contributed by atoms with Crippen molar-refractivity contribution in [1.82, 2.24) is 0 Å². The third-order valence-electron chi connectivity index (χ3n) is 5.04. The zero-order chi connectivity index (χ0) is 21.5. The van der Waals surface area contributed by atoms with Gasteiger partial charge in [-0.1, -0.05) is 25.5 Å². The van der Waals surface area contributed by atoms with Crippen molar-refractivity contribution < 1.29 is 14.3 Å². The van der Waals surface area contributed by atoms with Crippen LogP contribution < -0.4 is 20.7 Å². The predicted molar refractivity (Wildman–Crippen MR) is 118 cm³/mol. The molecule has 30 heavy (non-hydrogen) atoms. The lowest BCUT2D eigenvalue weighted by Gasteiger charge is -2.27. The predicted octanol–water partition coefficient (Wildman–Crippen LogP) is 3.67. The quantitative estimate of drug-likeness (QED) is 0.457. The number of ether oxygens (including phenoxy) is 1. The van der Waals surface area contributed by atoms with Gasteiger partial charge in [0.2, 0.25) is 5.91 Å². The number of amides is 2. The van der Waals surface area contributed by atoms with Crippen molar-refractivity contribution in [2.24, 2.45) is 5.73 Å². The first-order valence-corrected chi connectivity index (χ1v) is 10.3. The Morgan fingerprint density at radius 2 is 2.00 bits per heavy atom. The largest absolute Gasteiger partial charge is 0.481 e. The zero-order valence-electron chi connectivity index (χ0n) is 17.2. The van der Waals surface area contributed by atoms with E-state index >= 15 is 0 Å². The molecule has 2 amide bonds. The van der Waals surface area contributed by atoms with Crippen LogP contribution in [-0.2, 0) is 9.59 Å². The van der Waals surface area contributed by atoms with Gasteiger partial charge in [0, 0.05) is 29.9 Å². The number of amidine groups is 1. The summed E-state index contributed by atoms with van der Waals surface area (Å²) in [7, 11) is 0. The monoisotopic (exact) mass is 408 g/mol. The Labute approximate surface area is 176 Å². The van der Waals surface area contributed by atoms with E-state index in [2.05, 4.69) is 5.32 Å². The molecule has 7 nitrogen and oxygen atoms in total. The van der Waals surface area contributed by atoms with Crippen LogP contribution in [0.4, 0.5) is 11.4 Å². The number of carbonyl (C=O) groups is 2. The molecule has 0 bridgehead atoms. The maximum atomic E-state index is 12.8. The number of rotatable bonds is 8. The highest BCUT2D eigenvalue weighted by atomic mass is 16.5. The van der Waals surface area contributed by atoms with E-state index in [-0.39, 0.29) is 17.6 Å². The minimum atomic E-state index is -0.666. The second kappa shape index (κ2) is 9.91. The molecule has 0 spiro atoms. The molecule has 1 atom stereocenters. The van der Waals surface area contributed by atoms with Gasteiger partial charge in [-0.05, 0) is 55.7 Å². The lowest BCUT2D eigenvalue weighted by atomic mass is 10.1. The summed E-state index contributed by atoms with van der Waals surface area (Å²) in [6.07, 6.45) is 3.19. The Balaban J connectivity index is 1.66. The van der Waals surface area contributed by atoms with Crippen molar-refractivity contribution >= 4 is 29.0 Å². The Kier molecular flexibility index (Phi) is 7.06. The van der Waals surface area contributed by atoms with Crippen LogP contribution in [-0.4, -0.2) is 30.3 Å². The van der Waals surface area contributed by atoms with Gasteiger partial charge in [0.1, 0.15) is 11.6 Å². The Hall–Kier alpha value is -3.35. The topological polar surface area (TPSA) is 109 Å². The van der Waals surface area contributed by atoms with Gasteiger partial charge in [0.15, 0.2) is 6.10 Å². The molecule has 1 heterocycles. The number of benzene rings is 2. The van der Waals surface area contributed by atoms with Crippen molar-refractivity contribution in [3.05, 3.63) is 54.1 Å². The third-order valence-corrected chi connectivity index (χ3v) is 5.04. The van der Waals surface area contributed by atoms with E-state index in [9.17, 15) is 9.59 Å². The van der Waals surface area contributed by atoms with Crippen molar-refractivity contribution in [3.63, 3.8) is 0 Å². The Morgan fingerprint density at radius 1 is 1.23 bits per heavy atom. The maximum Gasteiger partial charge on any atom is 0.265 e. The van der Waals surface area contributed by atoms with E-state index in [0.29, 0.717) is 29.8 Å². The minimum Gasteiger partial charge on any atom is -0.481 e. The van der Waals surface area contributed by atoms with Gasteiger partial charge in [-0.3, -0.25) is 15.0 Å². The first kappa shape index (κ1) is 21.4. The number of nitrogens with two attached hydrogens (primary N) is 1. The van der Waals surface area contributed by atoms with Gasteiger partial charge in [-0.25, -0.2) is 0 Å². The first-order chi connectivity index (χ1) is 14.5. The molecular formula is C23H28N4O3. The van der Waals surface area contributed by atoms with E-state index in [1.165, 1.54) is 0 Å². The maximum absolute atomic E-state index is 12.8. The molecule has 0 aromatic heterocycles. The van der Waals surface area contributed by atoms with Gasteiger partial charge in [0.25, 0.3) is 5.91 Å². The van der Waals surface area contributed by atoms with E-state index in [1.807, 2.05) is 19.1 Å². The zero-order valence-corrected chi connectivity index (χ0v) is 17.2. The number of hydrogen-bond acceptors (Lipinski definition) is 4. The van der Waals surface area contributed by atoms with Gasteiger partial charge in [-0.2, -0.15) is 0 Å². The second-order valence-corrected chi connectivity index (χ2v) is 7.38. The number of nitrogen functional groups attached to an aromatic ring is 1. The van der Waals surface area contributed by atoms with Crippen LogP contribution >= 0.6 is 0 Å². The summed E-state index contributed by atoms with van der Waals surface area (Å²) < 4.78 is 5.90. The Morgan fingerprint density at radius 3 is 2.67 bits per heavy atom. The second-order valence-electron chi connectivity index (χ2n) is 7.38. The summed E-state index contributed by atoms with van der Waals surface area (Å²) in [6, 6.07) is 14.2. The molecule has 4 N–H and O–H groups in total. The summed E-state index contributed by atoms with van der Waals surface area (Å²) in [6.45, 7) is 2.72. The molecule has 0 saturated carbocycles. The molecule has 0 aliphatic carbocycles. The minimum absolute atomic E-state index is 0.0516. The molecule has 1 fully saturated rings. The van der Waals surface area contributed by atoms with Crippen molar-refractivity contribution in [2.45, 2.75) is 45.1 Å². The lowest BCUT2D eigenvalue weighted by Crippen LogP contribution is -2.35. The van der Waals surface area contributed by atoms with E-state index in [1.54, 1.807) is 41.3 Å². The molecular weight excluding hydrogens is 380 g/mol. The van der Waals surface area contributed by atoms with E-state index in [4.69, 9.17) is 15.9 Å². The molecule has 1 aliphatic heterocycles. The highest BCUT2D eigenvalue weighted by Crippen LogP contribution is 2.23. The molecule has 2 aromatic rings. The molecule has 1 aliphatic rings. The molecule has 158 valence electrons. The number of nitrogens with one attached hydrogen (secondary N) is 2. The third kappa shape index (κ3) is 5.37. The fourth-order valence-electron chi connectivity index (χ4n) is 3.43. The van der Waals surface area contributed by atoms with Crippen LogP contribution in [0.25, 0.3) is 0 Å². The molecule has 7 heteroatoms. The van der Waals surface area contributed by atoms with Crippen LogP contribution in [0, 0.1) is 5.41 Å². The van der Waals surface area contributed by atoms with Gasteiger partial charge < -0.3 is 20.7 Å². The number of nitrogens with zero attached hydrogens (tertiary/aromatic N) is 1. The first-order valence-electron chi connectivity index (χ1n) is 10.3. The number of carbonyl (C=O) groups excluding carboxylic acids is 2. The smallest absolute Gasteiger partial charge is 0.265 e. The van der Waals surface area contributed by atoms with Crippen molar-refractivity contribution in [1.29, 1.82) is 5.41 Å². The highest BCUT2D eigenvalue weighted by molar-refractivity contribution is 5.97. The molecule has 3 rings (SSSR count). The number of piperidine rings is 1. The van der Waals surface area contributed by atoms with Gasteiger partial charge in [-0.15, -0.1) is 0 Å². The summed E-state index contributed by atoms with van der Waals surface area (Å²) in [5.74, 6) is 0.341. The van der Waals surface area contributed by atoms with Gasteiger partial charge >= 0.3 is 0 Å².